The molecule has 106 valence electrons. The molecule has 0 aromatic heterocycles. The Morgan fingerprint density at radius 2 is 1.84 bits per heavy atom. The molecule has 1 N–H and O–H groups in total. The minimum Gasteiger partial charge on any atom is -0.385 e. The van der Waals surface area contributed by atoms with Gasteiger partial charge in [-0.05, 0) is 31.8 Å². The van der Waals surface area contributed by atoms with E-state index in [1.54, 1.807) is 6.08 Å². The maximum atomic E-state index is 11.0. The molecule has 2 rings (SSSR count). The second-order valence-corrected chi connectivity index (χ2v) is 6.73. The van der Waals surface area contributed by atoms with Crippen molar-refractivity contribution in [1.29, 1.82) is 0 Å². The largest absolute Gasteiger partial charge is 0.385 e. The van der Waals surface area contributed by atoms with Crippen molar-refractivity contribution >= 4 is 5.78 Å². The number of ketones is 1. The Hall–Kier alpha value is -1.15. The predicted molar refractivity (Wildman–Crippen MR) is 79.8 cm³/mol. The molecule has 2 heteroatoms. The van der Waals surface area contributed by atoms with Crippen molar-refractivity contribution in [3.63, 3.8) is 0 Å². The molecule has 0 bridgehead atoms. The number of aliphatic hydroxyl groups is 1. The molecule has 0 aromatic carbocycles. The number of rotatable bonds is 0. The van der Waals surface area contributed by atoms with Crippen LogP contribution in [-0.4, -0.2) is 16.5 Å². The maximum Gasteiger partial charge on any atom is 0.156 e. The second-order valence-electron chi connectivity index (χ2n) is 6.73. The average Bonchev–Trinajstić information content (AvgIpc) is 2.19. The van der Waals surface area contributed by atoms with E-state index >= 15 is 0 Å². The maximum absolute atomic E-state index is 11.0. The molecule has 0 aliphatic heterocycles. The van der Waals surface area contributed by atoms with Crippen LogP contribution in [0.2, 0.25) is 0 Å². The minimum atomic E-state index is -0.630. The van der Waals surface area contributed by atoms with E-state index in [0.29, 0.717) is 6.42 Å². The summed E-state index contributed by atoms with van der Waals surface area (Å²) in [6.07, 6.45) is 11.2. The zero-order valence-electron chi connectivity index (χ0n) is 12.7. The molecular formula is C17H26O2. The summed E-state index contributed by atoms with van der Waals surface area (Å²) in [7, 11) is 0. The van der Waals surface area contributed by atoms with E-state index in [-0.39, 0.29) is 17.1 Å². The molecule has 2 nitrogen and oxygen atoms in total. The number of hydrogen-bond acceptors (Lipinski definition) is 2. The van der Waals surface area contributed by atoms with E-state index in [9.17, 15) is 9.90 Å². The quantitative estimate of drug-likeness (QED) is 0.720. The third-order valence-electron chi connectivity index (χ3n) is 3.68. The summed E-state index contributed by atoms with van der Waals surface area (Å²) in [5.41, 5.74) is 0.797. The van der Waals surface area contributed by atoms with Crippen molar-refractivity contribution in [3.05, 3.63) is 36.0 Å². The van der Waals surface area contributed by atoms with E-state index in [0.717, 1.165) is 6.42 Å². The normalized spacial score (nSPS) is 32.4. The van der Waals surface area contributed by atoms with Crippen LogP contribution in [0, 0.1) is 11.3 Å². The van der Waals surface area contributed by atoms with Crippen LogP contribution in [-0.2, 0) is 4.79 Å². The summed E-state index contributed by atoms with van der Waals surface area (Å²) < 4.78 is 0. The molecule has 0 spiro atoms. The number of allylic oxidation sites excluding steroid dienone is 4. The lowest BCUT2D eigenvalue weighted by Gasteiger charge is -2.27. The number of carbonyl (C=O) groups excluding carboxylic acids is 1. The first-order chi connectivity index (χ1) is 8.62. The first kappa shape index (κ1) is 15.9. The number of carbonyl (C=O) groups is 1. The molecule has 0 heterocycles. The predicted octanol–water partition coefficient (Wildman–Crippen LogP) is 3.82. The van der Waals surface area contributed by atoms with Crippen LogP contribution in [0.1, 0.15) is 47.5 Å². The van der Waals surface area contributed by atoms with Crippen molar-refractivity contribution in [3.8, 4) is 0 Å². The molecule has 0 saturated carbocycles. The Kier molecular flexibility index (Phi) is 4.92. The summed E-state index contributed by atoms with van der Waals surface area (Å²) in [5.74, 6) is 0.524. The fraction of sp³-hybridized carbons (Fsp3) is 0.588. The van der Waals surface area contributed by atoms with E-state index in [2.05, 4.69) is 13.8 Å². The summed E-state index contributed by atoms with van der Waals surface area (Å²) in [6, 6.07) is 0. The molecule has 2 aliphatic carbocycles. The van der Waals surface area contributed by atoms with Crippen LogP contribution in [0.3, 0.4) is 0 Å². The van der Waals surface area contributed by atoms with Gasteiger partial charge in [0.2, 0.25) is 0 Å². The van der Waals surface area contributed by atoms with Crippen molar-refractivity contribution in [1.82, 2.24) is 0 Å². The molecule has 0 fully saturated rings. The first-order valence-corrected chi connectivity index (χ1v) is 6.91. The Morgan fingerprint density at radius 3 is 2.21 bits per heavy atom. The zero-order chi connectivity index (χ0) is 14.7. The van der Waals surface area contributed by atoms with Gasteiger partial charge in [0, 0.05) is 12.3 Å². The van der Waals surface area contributed by atoms with Crippen LogP contribution in [0.25, 0.3) is 0 Å². The topological polar surface area (TPSA) is 37.3 Å². The van der Waals surface area contributed by atoms with E-state index in [1.807, 2.05) is 45.1 Å². The summed E-state index contributed by atoms with van der Waals surface area (Å²) in [5, 5.41) is 9.50. The SMILES string of the molecule is CC1=CC(=O)CC(C)(C)C1.CC1C=CC=CC1(C)O. The van der Waals surface area contributed by atoms with Crippen molar-refractivity contribution in [2.24, 2.45) is 11.3 Å². The van der Waals surface area contributed by atoms with Gasteiger partial charge in [0.05, 0.1) is 5.60 Å². The molecular weight excluding hydrogens is 236 g/mol. The van der Waals surface area contributed by atoms with Gasteiger partial charge >= 0.3 is 0 Å². The molecule has 2 aliphatic rings. The summed E-state index contributed by atoms with van der Waals surface area (Å²) in [6.45, 7) is 10.1. The highest BCUT2D eigenvalue weighted by Gasteiger charge is 2.25. The highest BCUT2D eigenvalue weighted by Crippen LogP contribution is 2.32. The Labute approximate surface area is 116 Å². The van der Waals surface area contributed by atoms with Gasteiger partial charge < -0.3 is 5.11 Å². The van der Waals surface area contributed by atoms with Crippen LogP contribution in [0.4, 0.5) is 0 Å². The molecule has 2 atom stereocenters. The lowest BCUT2D eigenvalue weighted by Crippen LogP contribution is -2.29. The highest BCUT2D eigenvalue weighted by atomic mass is 16.3. The third-order valence-corrected chi connectivity index (χ3v) is 3.68. The van der Waals surface area contributed by atoms with Crippen LogP contribution < -0.4 is 0 Å². The van der Waals surface area contributed by atoms with Gasteiger partial charge in [-0.25, -0.2) is 0 Å². The number of hydrogen-bond donors (Lipinski definition) is 1. The monoisotopic (exact) mass is 262 g/mol. The molecule has 0 saturated heterocycles. The molecule has 0 radical (unpaired) electrons. The van der Waals surface area contributed by atoms with Gasteiger partial charge in [0.25, 0.3) is 0 Å². The molecule has 19 heavy (non-hydrogen) atoms. The lowest BCUT2D eigenvalue weighted by atomic mass is 9.77. The van der Waals surface area contributed by atoms with Gasteiger partial charge in [-0.15, -0.1) is 0 Å². The van der Waals surface area contributed by atoms with Crippen LogP contribution in [0.15, 0.2) is 36.0 Å². The van der Waals surface area contributed by atoms with Crippen molar-refractivity contribution < 1.29 is 9.90 Å². The van der Waals surface area contributed by atoms with Crippen LogP contribution in [0.5, 0.6) is 0 Å². The summed E-state index contributed by atoms with van der Waals surface area (Å²) >= 11 is 0. The smallest absolute Gasteiger partial charge is 0.156 e. The standard InChI is InChI=1S/C9H14O.C8H12O/c1-7-4-8(10)6-9(2,3)5-7;1-7-5-3-4-6-8(7,2)9/h4H,5-6H2,1-3H3;3-7,9H,1-2H3. The van der Waals surface area contributed by atoms with E-state index in [1.165, 1.54) is 5.57 Å². The Morgan fingerprint density at radius 1 is 1.21 bits per heavy atom. The van der Waals surface area contributed by atoms with E-state index < -0.39 is 5.60 Å². The van der Waals surface area contributed by atoms with Crippen molar-refractivity contribution in [2.45, 2.75) is 53.1 Å². The van der Waals surface area contributed by atoms with Gasteiger partial charge in [0.1, 0.15) is 0 Å². The fourth-order valence-corrected chi connectivity index (χ4v) is 2.49. The van der Waals surface area contributed by atoms with Crippen molar-refractivity contribution in [2.75, 3.05) is 0 Å². The second kappa shape index (κ2) is 5.87. The molecule has 0 aromatic rings. The van der Waals surface area contributed by atoms with Gasteiger partial charge in [0.15, 0.2) is 5.78 Å². The Bertz CT molecular complexity index is 423. The Balaban J connectivity index is 0.000000191. The molecule has 0 amide bonds. The van der Waals surface area contributed by atoms with Gasteiger partial charge in [-0.1, -0.05) is 50.6 Å². The first-order valence-electron chi connectivity index (χ1n) is 6.91. The van der Waals surface area contributed by atoms with Gasteiger partial charge in [-0.3, -0.25) is 4.79 Å². The third kappa shape index (κ3) is 5.15. The summed E-state index contributed by atoms with van der Waals surface area (Å²) in [4.78, 5) is 11.0. The molecule has 2 unspecified atom stereocenters. The van der Waals surface area contributed by atoms with Crippen LogP contribution >= 0.6 is 0 Å². The van der Waals surface area contributed by atoms with Gasteiger partial charge in [-0.2, -0.15) is 0 Å². The highest BCUT2D eigenvalue weighted by molar-refractivity contribution is 5.91. The fourth-order valence-electron chi connectivity index (χ4n) is 2.49. The average molecular weight is 262 g/mol. The zero-order valence-corrected chi connectivity index (χ0v) is 12.7. The van der Waals surface area contributed by atoms with E-state index in [4.69, 9.17) is 0 Å². The minimum absolute atomic E-state index is 0.204. The lowest BCUT2D eigenvalue weighted by molar-refractivity contribution is -0.117.